The van der Waals surface area contributed by atoms with Gasteiger partial charge in [-0.2, -0.15) is 0 Å². The van der Waals surface area contributed by atoms with Crippen molar-refractivity contribution < 1.29 is 9.47 Å². The van der Waals surface area contributed by atoms with Crippen molar-refractivity contribution in [1.82, 2.24) is 20.2 Å². The molecule has 8 nitrogen and oxygen atoms in total. The number of aromatic nitrogens is 2. The van der Waals surface area contributed by atoms with Crippen LogP contribution in [0, 0.1) is 0 Å². The van der Waals surface area contributed by atoms with Crippen LogP contribution in [0.1, 0.15) is 13.8 Å². The second-order valence-corrected chi connectivity index (χ2v) is 6.80. The van der Waals surface area contributed by atoms with Gasteiger partial charge in [0.2, 0.25) is 5.95 Å². The zero-order valence-corrected chi connectivity index (χ0v) is 20.2. The molecule has 2 aromatic rings. The summed E-state index contributed by atoms with van der Waals surface area (Å²) in [5.74, 6) is 3.16. The number of nitrogens with one attached hydrogen (secondary N) is 1. The van der Waals surface area contributed by atoms with Crippen molar-refractivity contribution >= 4 is 35.9 Å². The SMILES string of the molecule is CCNC(=NCC(C)Oc1ccccc1OC)N1CCN(c2ncccn2)CC1.I. The summed E-state index contributed by atoms with van der Waals surface area (Å²) in [5, 5.41) is 3.39. The maximum Gasteiger partial charge on any atom is 0.225 e. The number of ether oxygens (including phenoxy) is 2. The van der Waals surface area contributed by atoms with E-state index in [4.69, 9.17) is 14.5 Å². The number of hydrogen-bond acceptors (Lipinski definition) is 6. The van der Waals surface area contributed by atoms with Crippen molar-refractivity contribution in [2.45, 2.75) is 20.0 Å². The van der Waals surface area contributed by atoms with Gasteiger partial charge in [-0.25, -0.2) is 15.0 Å². The molecular weight excluding hydrogens is 495 g/mol. The normalized spacial score (nSPS) is 15.2. The summed E-state index contributed by atoms with van der Waals surface area (Å²) in [6.45, 7) is 8.94. The van der Waals surface area contributed by atoms with E-state index >= 15 is 0 Å². The number of nitrogens with zero attached hydrogens (tertiary/aromatic N) is 5. The first-order valence-electron chi connectivity index (χ1n) is 10.1. The fourth-order valence-electron chi connectivity index (χ4n) is 3.18. The monoisotopic (exact) mass is 526 g/mol. The number of piperazine rings is 1. The summed E-state index contributed by atoms with van der Waals surface area (Å²) in [6, 6.07) is 9.51. The molecule has 3 rings (SSSR count). The number of para-hydroxylation sites is 2. The molecule has 30 heavy (non-hydrogen) atoms. The van der Waals surface area contributed by atoms with Gasteiger partial charge in [0.1, 0.15) is 6.10 Å². The molecule has 1 aromatic heterocycles. The molecule has 1 saturated heterocycles. The molecule has 2 heterocycles. The van der Waals surface area contributed by atoms with Gasteiger partial charge in [-0.15, -0.1) is 24.0 Å². The summed E-state index contributed by atoms with van der Waals surface area (Å²) in [5.41, 5.74) is 0. The van der Waals surface area contributed by atoms with E-state index in [2.05, 4.69) is 32.0 Å². The van der Waals surface area contributed by atoms with Crippen LogP contribution in [0.5, 0.6) is 11.5 Å². The summed E-state index contributed by atoms with van der Waals surface area (Å²) < 4.78 is 11.4. The Morgan fingerprint density at radius 1 is 1.10 bits per heavy atom. The molecule has 0 bridgehead atoms. The van der Waals surface area contributed by atoms with Gasteiger partial charge in [0.25, 0.3) is 0 Å². The highest BCUT2D eigenvalue weighted by atomic mass is 127. The van der Waals surface area contributed by atoms with Crippen LogP contribution in [0.2, 0.25) is 0 Å². The van der Waals surface area contributed by atoms with Crippen molar-refractivity contribution in [3.8, 4) is 11.5 Å². The van der Waals surface area contributed by atoms with E-state index in [0.29, 0.717) is 6.54 Å². The second kappa shape index (κ2) is 12.4. The fraction of sp³-hybridized carbons (Fsp3) is 0.476. The lowest BCUT2D eigenvalue weighted by molar-refractivity contribution is 0.218. The third-order valence-electron chi connectivity index (χ3n) is 4.64. The molecule has 0 spiro atoms. The highest BCUT2D eigenvalue weighted by molar-refractivity contribution is 14.0. The number of hydrogen-bond donors (Lipinski definition) is 1. The van der Waals surface area contributed by atoms with Crippen molar-refractivity contribution in [2.75, 3.05) is 51.3 Å². The van der Waals surface area contributed by atoms with E-state index in [9.17, 15) is 0 Å². The fourth-order valence-corrected chi connectivity index (χ4v) is 3.18. The van der Waals surface area contributed by atoms with Crippen LogP contribution in [-0.4, -0.2) is 73.3 Å². The van der Waals surface area contributed by atoms with Crippen LogP contribution in [0.4, 0.5) is 5.95 Å². The molecular formula is C21H31IN6O2. The number of benzene rings is 1. The van der Waals surface area contributed by atoms with Crippen LogP contribution < -0.4 is 19.7 Å². The highest BCUT2D eigenvalue weighted by Crippen LogP contribution is 2.26. The van der Waals surface area contributed by atoms with E-state index in [1.165, 1.54) is 0 Å². The number of halogens is 1. The topological polar surface area (TPSA) is 75.1 Å². The minimum absolute atomic E-state index is 0. The summed E-state index contributed by atoms with van der Waals surface area (Å²) >= 11 is 0. The Balaban J connectivity index is 0.00000320. The van der Waals surface area contributed by atoms with Crippen molar-refractivity contribution in [1.29, 1.82) is 0 Å². The smallest absolute Gasteiger partial charge is 0.225 e. The van der Waals surface area contributed by atoms with Gasteiger partial charge in [-0.05, 0) is 32.0 Å². The summed E-state index contributed by atoms with van der Waals surface area (Å²) in [7, 11) is 1.65. The van der Waals surface area contributed by atoms with Crippen LogP contribution in [0.3, 0.4) is 0 Å². The lowest BCUT2D eigenvalue weighted by atomic mass is 10.3. The first-order chi connectivity index (χ1) is 14.2. The third-order valence-corrected chi connectivity index (χ3v) is 4.64. The predicted molar refractivity (Wildman–Crippen MR) is 130 cm³/mol. The van der Waals surface area contributed by atoms with Crippen LogP contribution in [0.25, 0.3) is 0 Å². The van der Waals surface area contributed by atoms with Gasteiger partial charge >= 0.3 is 0 Å². The molecule has 1 aliphatic rings. The molecule has 1 fully saturated rings. The molecule has 1 aliphatic heterocycles. The minimum Gasteiger partial charge on any atom is -0.493 e. The first kappa shape index (κ1) is 24.0. The molecule has 1 atom stereocenters. The molecule has 164 valence electrons. The van der Waals surface area contributed by atoms with Gasteiger partial charge in [0.05, 0.1) is 13.7 Å². The molecule has 0 aliphatic carbocycles. The maximum absolute atomic E-state index is 6.02. The first-order valence-corrected chi connectivity index (χ1v) is 10.1. The van der Waals surface area contributed by atoms with E-state index in [0.717, 1.165) is 56.1 Å². The van der Waals surface area contributed by atoms with Crippen LogP contribution >= 0.6 is 24.0 Å². The van der Waals surface area contributed by atoms with E-state index in [1.807, 2.05) is 37.3 Å². The Bertz CT molecular complexity index is 784. The number of methoxy groups -OCH3 is 1. The van der Waals surface area contributed by atoms with Crippen LogP contribution in [0.15, 0.2) is 47.7 Å². The van der Waals surface area contributed by atoms with E-state index in [1.54, 1.807) is 19.5 Å². The van der Waals surface area contributed by atoms with Gasteiger partial charge in [0.15, 0.2) is 17.5 Å². The largest absolute Gasteiger partial charge is 0.493 e. The zero-order valence-electron chi connectivity index (χ0n) is 17.8. The number of aliphatic imine (C=N–C) groups is 1. The molecule has 1 N–H and O–H groups in total. The second-order valence-electron chi connectivity index (χ2n) is 6.80. The zero-order chi connectivity index (χ0) is 20.5. The van der Waals surface area contributed by atoms with Gasteiger partial charge in [-0.3, -0.25) is 0 Å². The van der Waals surface area contributed by atoms with Crippen molar-refractivity contribution in [3.63, 3.8) is 0 Å². The number of anilines is 1. The Morgan fingerprint density at radius 2 is 1.77 bits per heavy atom. The number of rotatable bonds is 7. The van der Waals surface area contributed by atoms with E-state index < -0.39 is 0 Å². The maximum atomic E-state index is 6.02. The predicted octanol–water partition coefficient (Wildman–Crippen LogP) is 2.66. The Morgan fingerprint density at radius 3 is 2.40 bits per heavy atom. The molecule has 0 radical (unpaired) electrons. The summed E-state index contributed by atoms with van der Waals surface area (Å²) in [6.07, 6.45) is 3.49. The van der Waals surface area contributed by atoms with Gasteiger partial charge in [-0.1, -0.05) is 12.1 Å². The van der Waals surface area contributed by atoms with Crippen LogP contribution in [-0.2, 0) is 0 Å². The lowest BCUT2D eigenvalue weighted by Crippen LogP contribution is -2.53. The Labute approximate surface area is 195 Å². The molecule has 9 heteroatoms. The van der Waals surface area contributed by atoms with Crippen molar-refractivity contribution in [2.24, 2.45) is 4.99 Å². The summed E-state index contributed by atoms with van der Waals surface area (Å²) in [4.78, 5) is 18.0. The Hall–Kier alpha value is -2.30. The minimum atomic E-state index is -0.0704. The molecule has 1 aromatic carbocycles. The standard InChI is InChI=1S/C21H30N6O2.HI/c1-4-22-20(25-16-17(2)29-19-9-6-5-8-18(19)28-3)26-12-14-27(15-13-26)21-23-10-7-11-24-21;/h5-11,17H,4,12-16H2,1-3H3,(H,22,25);1H. The van der Waals surface area contributed by atoms with Gasteiger partial charge in [0, 0.05) is 45.1 Å². The lowest BCUT2D eigenvalue weighted by Gasteiger charge is -2.36. The van der Waals surface area contributed by atoms with Gasteiger partial charge < -0.3 is 24.6 Å². The average Bonchev–Trinajstić information content (AvgIpc) is 2.78. The Kier molecular flexibility index (Phi) is 9.92. The average molecular weight is 526 g/mol. The molecule has 1 unspecified atom stereocenters. The molecule has 0 amide bonds. The quantitative estimate of drug-likeness (QED) is 0.338. The highest BCUT2D eigenvalue weighted by Gasteiger charge is 2.21. The third kappa shape index (κ3) is 6.61. The molecule has 0 saturated carbocycles. The number of guanidine groups is 1. The van der Waals surface area contributed by atoms with E-state index in [-0.39, 0.29) is 30.1 Å². The van der Waals surface area contributed by atoms with Crippen molar-refractivity contribution in [3.05, 3.63) is 42.7 Å².